The summed E-state index contributed by atoms with van der Waals surface area (Å²) in [6.07, 6.45) is 1.79. The van der Waals surface area contributed by atoms with E-state index in [0.717, 1.165) is 11.4 Å². The number of hydrogen-bond acceptors (Lipinski definition) is 2. The summed E-state index contributed by atoms with van der Waals surface area (Å²) in [5.41, 5.74) is 9.13. The fourth-order valence-electron chi connectivity index (χ4n) is 1.59. The number of nitrogens with two attached hydrogens (primary N) is 1. The van der Waals surface area contributed by atoms with Crippen LogP contribution in [0.2, 0.25) is 0 Å². The average Bonchev–Trinajstić information content (AvgIpc) is 2.02. The maximum absolute atomic E-state index is 5.92. The van der Waals surface area contributed by atoms with E-state index in [4.69, 9.17) is 5.73 Å². The Bertz CT molecular complexity index is 290. The summed E-state index contributed by atoms with van der Waals surface area (Å²) in [7, 11) is 0. The number of rotatable bonds is 2. The molecule has 0 atom stereocenters. The van der Waals surface area contributed by atoms with Crippen LogP contribution in [0, 0.1) is 0 Å². The molecular formula is C11H18N2. The van der Waals surface area contributed by atoms with Crippen LogP contribution in [-0.2, 0) is 0 Å². The highest BCUT2D eigenvalue weighted by molar-refractivity contribution is 5.50. The lowest BCUT2D eigenvalue weighted by atomic mass is 9.94. The molecule has 0 fully saturated rings. The molecule has 0 spiro atoms. The zero-order valence-corrected chi connectivity index (χ0v) is 8.83. The maximum atomic E-state index is 5.92. The molecule has 1 rings (SSSR count). The lowest BCUT2D eigenvalue weighted by molar-refractivity contribution is 0.760. The molecule has 1 heterocycles. The van der Waals surface area contributed by atoms with Gasteiger partial charge in [-0.1, -0.05) is 27.7 Å². The van der Waals surface area contributed by atoms with Crippen LogP contribution in [0.25, 0.3) is 0 Å². The van der Waals surface area contributed by atoms with Crippen molar-refractivity contribution in [3.8, 4) is 0 Å². The zero-order chi connectivity index (χ0) is 10.0. The quantitative estimate of drug-likeness (QED) is 0.756. The Morgan fingerprint density at radius 1 is 1.15 bits per heavy atom. The van der Waals surface area contributed by atoms with Gasteiger partial charge in [-0.05, 0) is 23.5 Å². The SMILES string of the molecule is CC(C)c1nccc(N)c1C(C)C. The van der Waals surface area contributed by atoms with Gasteiger partial charge in [-0.25, -0.2) is 0 Å². The Balaban J connectivity index is 3.26. The van der Waals surface area contributed by atoms with Gasteiger partial charge in [-0.2, -0.15) is 0 Å². The van der Waals surface area contributed by atoms with E-state index in [0.29, 0.717) is 11.8 Å². The Hall–Kier alpha value is -1.05. The van der Waals surface area contributed by atoms with E-state index in [-0.39, 0.29) is 0 Å². The minimum Gasteiger partial charge on any atom is -0.398 e. The first-order chi connectivity index (χ1) is 6.04. The molecule has 2 heteroatoms. The second kappa shape index (κ2) is 3.77. The Morgan fingerprint density at radius 2 is 1.77 bits per heavy atom. The fraction of sp³-hybridized carbons (Fsp3) is 0.545. The summed E-state index contributed by atoms with van der Waals surface area (Å²) in [6.45, 7) is 8.60. The first kappa shape index (κ1) is 10.0. The normalized spacial score (nSPS) is 11.2. The van der Waals surface area contributed by atoms with Crippen molar-refractivity contribution in [2.75, 3.05) is 5.73 Å². The molecule has 0 unspecified atom stereocenters. The maximum Gasteiger partial charge on any atom is 0.0484 e. The number of pyridine rings is 1. The second-order valence-electron chi connectivity index (χ2n) is 4.01. The third kappa shape index (κ3) is 2.00. The highest BCUT2D eigenvalue weighted by atomic mass is 14.7. The lowest BCUT2D eigenvalue weighted by Crippen LogP contribution is -2.05. The van der Waals surface area contributed by atoms with Crippen molar-refractivity contribution in [2.24, 2.45) is 0 Å². The van der Waals surface area contributed by atoms with E-state index in [9.17, 15) is 0 Å². The van der Waals surface area contributed by atoms with E-state index in [1.807, 2.05) is 6.07 Å². The molecule has 0 aromatic carbocycles. The summed E-state index contributed by atoms with van der Waals surface area (Å²) >= 11 is 0. The number of hydrogen-bond donors (Lipinski definition) is 1. The molecule has 0 aliphatic heterocycles. The number of aromatic nitrogens is 1. The Morgan fingerprint density at radius 3 is 2.15 bits per heavy atom. The van der Waals surface area contributed by atoms with Crippen molar-refractivity contribution in [1.82, 2.24) is 4.98 Å². The molecule has 2 nitrogen and oxygen atoms in total. The van der Waals surface area contributed by atoms with Gasteiger partial charge < -0.3 is 5.73 Å². The van der Waals surface area contributed by atoms with Crippen LogP contribution in [-0.4, -0.2) is 4.98 Å². The minimum atomic E-state index is 0.445. The average molecular weight is 178 g/mol. The highest BCUT2D eigenvalue weighted by Crippen LogP contribution is 2.28. The van der Waals surface area contributed by atoms with Crippen molar-refractivity contribution in [2.45, 2.75) is 39.5 Å². The van der Waals surface area contributed by atoms with E-state index >= 15 is 0 Å². The van der Waals surface area contributed by atoms with Gasteiger partial charge >= 0.3 is 0 Å². The molecule has 0 radical (unpaired) electrons. The van der Waals surface area contributed by atoms with Crippen LogP contribution in [0.3, 0.4) is 0 Å². The molecule has 0 aliphatic rings. The van der Waals surface area contributed by atoms with E-state index in [2.05, 4.69) is 32.7 Å². The first-order valence-corrected chi connectivity index (χ1v) is 4.78. The first-order valence-electron chi connectivity index (χ1n) is 4.78. The van der Waals surface area contributed by atoms with Gasteiger partial charge in [0.05, 0.1) is 0 Å². The molecule has 1 aromatic rings. The fourth-order valence-corrected chi connectivity index (χ4v) is 1.59. The van der Waals surface area contributed by atoms with Crippen LogP contribution in [0.1, 0.15) is 50.8 Å². The number of anilines is 1. The largest absolute Gasteiger partial charge is 0.398 e. The number of nitrogen functional groups attached to an aromatic ring is 1. The van der Waals surface area contributed by atoms with Gasteiger partial charge in [-0.15, -0.1) is 0 Å². The van der Waals surface area contributed by atoms with Crippen molar-refractivity contribution < 1.29 is 0 Å². The van der Waals surface area contributed by atoms with Gasteiger partial charge in [0.2, 0.25) is 0 Å². The summed E-state index contributed by atoms with van der Waals surface area (Å²) in [5.74, 6) is 0.895. The van der Waals surface area contributed by atoms with Gasteiger partial charge in [0.1, 0.15) is 0 Å². The van der Waals surface area contributed by atoms with Crippen molar-refractivity contribution >= 4 is 5.69 Å². The Kier molecular flexibility index (Phi) is 2.91. The minimum absolute atomic E-state index is 0.445. The van der Waals surface area contributed by atoms with Crippen LogP contribution in [0.5, 0.6) is 0 Å². The Labute approximate surface area is 80.2 Å². The number of nitrogens with zero attached hydrogens (tertiary/aromatic N) is 1. The predicted octanol–water partition coefficient (Wildman–Crippen LogP) is 2.91. The molecule has 2 N–H and O–H groups in total. The predicted molar refractivity (Wildman–Crippen MR) is 56.8 cm³/mol. The molecule has 1 aromatic heterocycles. The molecule has 0 bridgehead atoms. The lowest BCUT2D eigenvalue weighted by Gasteiger charge is -2.16. The standard InChI is InChI=1S/C11H18N2/c1-7(2)10-9(12)5-6-13-11(10)8(3)4/h5-8H,1-4H3,(H2,12,13). The van der Waals surface area contributed by atoms with E-state index < -0.39 is 0 Å². The topological polar surface area (TPSA) is 38.9 Å². The smallest absolute Gasteiger partial charge is 0.0484 e. The van der Waals surface area contributed by atoms with Gasteiger partial charge in [0.25, 0.3) is 0 Å². The van der Waals surface area contributed by atoms with Crippen LogP contribution in [0.4, 0.5) is 5.69 Å². The van der Waals surface area contributed by atoms with Crippen molar-refractivity contribution in [3.63, 3.8) is 0 Å². The molecule has 72 valence electrons. The van der Waals surface area contributed by atoms with Crippen LogP contribution < -0.4 is 5.73 Å². The molecule has 0 amide bonds. The van der Waals surface area contributed by atoms with Crippen molar-refractivity contribution in [1.29, 1.82) is 0 Å². The summed E-state index contributed by atoms with van der Waals surface area (Å²) in [6, 6.07) is 1.88. The van der Waals surface area contributed by atoms with E-state index in [1.165, 1.54) is 5.56 Å². The highest BCUT2D eigenvalue weighted by Gasteiger charge is 2.13. The molecule has 0 aliphatic carbocycles. The van der Waals surface area contributed by atoms with E-state index in [1.54, 1.807) is 6.20 Å². The van der Waals surface area contributed by atoms with Crippen LogP contribution in [0.15, 0.2) is 12.3 Å². The monoisotopic (exact) mass is 178 g/mol. The molecule has 0 saturated heterocycles. The molecular weight excluding hydrogens is 160 g/mol. The van der Waals surface area contributed by atoms with Gasteiger partial charge in [0.15, 0.2) is 0 Å². The summed E-state index contributed by atoms with van der Waals surface area (Å²) < 4.78 is 0. The second-order valence-corrected chi connectivity index (χ2v) is 4.01. The summed E-state index contributed by atoms with van der Waals surface area (Å²) in [4.78, 5) is 4.38. The molecule has 0 saturated carbocycles. The van der Waals surface area contributed by atoms with Crippen molar-refractivity contribution in [3.05, 3.63) is 23.5 Å². The zero-order valence-electron chi connectivity index (χ0n) is 8.83. The summed E-state index contributed by atoms with van der Waals surface area (Å²) in [5, 5.41) is 0. The third-order valence-electron chi connectivity index (χ3n) is 2.18. The molecule has 13 heavy (non-hydrogen) atoms. The van der Waals surface area contributed by atoms with Crippen LogP contribution >= 0.6 is 0 Å². The third-order valence-corrected chi connectivity index (χ3v) is 2.18. The van der Waals surface area contributed by atoms with Gasteiger partial charge in [-0.3, -0.25) is 4.98 Å². The van der Waals surface area contributed by atoms with Gasteiger partial charge in [0, 0.05) is 17.6 Å².